The molecule has 1 saturated carbocycles. The van der Waals surface area contributed by atoms with E-state index in [2.05, 4.69) is 17.3 Å². The predicted molar refractivity (Wildman–Crippen MR) is 109 cm³/mol. The first-order valence-electron chi connectivity index (χ1n) is 10.1. The van der Waals surface area contributed by atoms with E-state index < -0.39 is 0 Å². The Balaban J connectivity index is 1.29. The van der Waals surface area contributed by atoms with Crippen molar-refractivity contribution in [1.29, 1.82) is 0 Å². The second-order valence-electron chi connectivity index (χ2n) is 7.92. The molecular weight excluding hydrogens is 364 g/mol. The van der Waals surface area contributed by atoms with Crippen LogP contribution in [0.4, 0.5) is 0 Å². The number of fused-ring (bicyclic) bond motifs is 1. The summed E-state index contributed by atoms with van der Waals surface area (Å²) >= 11 is 0. The number of amides is 2. The lowest BCUT2D eigenvalue weighted by Gasteiger charge is -2.37. The van der Waals surface area contributed by atoms with E-state index >= 15 is 0 Å². The molecule has 1 heterocycles. The van der Waals surface area contributed by atoms with Crippen LogP contribution in [0.5, 0.6) is 5.75 Å². The monoisotopic (exact) mass is 386 g/mol. The molecule has 0 spiro atoms. The molecule has 2 aromatic rings. The van der Waals surface area contributed by atoms with Gasteiger partial charge in [-0.15, -0.1) is 0 Å². The van der Waals surface area contributed by atoms with E-state index in [9.17, 15) is 9.59 Å². The van der Waals surface area contributed by atoms with Crippen molar-refractivity contribution in [2.24, 2.45) is 28.8 Å². The minimum atomic E-state index is -0.232. The van der Waals surface area contributed by atoms with Gasteiger partial charge in [-0.25, -0.2) is 0 Å². The second kappa shape index (κ2) is 7.32. The Morgan fingerprint density at radius 2 is 1.62 bits per heavy atom. The van der Waals surface area contributed by atoms with Crippen LogP contribution in [0.1, 0.15) is 24.0 Å². The topological polar surface area (TPSA) is 59.0 Å². The lowest BCUT2D eigenvalue weighted by molar-refractivity contribution is -0.140. The molecule has 2 fully saturated rings. The number of nitrogens with zero attached hydrogens (tertiary/aromatic N) is 2. The summed E-state index contributed by atoms with van der Waals surface area (Å²) in [4.78, 5) is 25.6. The summed E-state index contributed by atoms with van der Waals surface area (Å²) in [6.07, 6.45) is 7.76. The van der Waals surface area contributed by atoms with Gasteiger partial charge in [0.15, 0.2) is 0 Å². The van der Waals surface area contributed by atoms with Gasteiger partial charge in [0, 0.05) is 0 Å². The van der Waals surface area contributed by atoms with Gasteiger partial charge >= 0.3 is 0 Å². The standard InChI is InChI=1S/C24H22N2O3/c27-23-21-18-9-10-19(12-11-18)22(21)24(28)26(23)25-14-17-7-4-8-20(13-17)29-15-16-5-2-1-3-6-16/h1-10,13-14,18-19,21-22H,11-12,15H2/b25-14-/t18-,19-,21-,22-/m0/s1. The number of ether oxygens (including phenoxy) is 1. The van der Waals surface area contributed by atoms with Crippen LogP contribution < -0.4 is 4.74 Å². The van der Waals surface area contributed by atoms with Crippen LogP contribution in [0.2, 0.25) is 0 Å². The van der Waals surface area contributed by atoms with E-state index in [0.717, 1.165) is 29.0 Å². The molecule has 0 radical (unpaired) electrons. The van der Waals surface area contributed by atoms with E-state index in [4.69, 9.17) is 4.74 Å². The smallest absolute Gasteiger partial charge is 0.254 e. The van der Waals surface area contributed by atoms with Crippen molar-refractivity contribution in [2.75, 3.05) is 0 Å². The molecule has 29 heavy (non-hydrogen) atoms. The maximum atomic E-state index is 12.8. The minimum Gasteiger partial charge on any atom is -0.489 e. The zero-order valence-electron chi connectivity index (χ0n) is 16.0. The lowest BCUT2D eigenvalue weighted by atomic mass is 9.63. The number of allylic oxidation sites excluding steroid dienone is 2. The molecule has 2 bridgehead atoms. The number of hydrogen-bond acceptors (Lipinski definition) is 4. The van der Waals surface area contributed by atoms with Crippen LogP contribution in [0.15, 0.2) is 71.9 Å². The SMILES string of the molecule is O=C1[C@@H]2[C@@H](C(=O)N1/N=C\c1cccc(OCc3ccccc3)c1)[C@H]1C=C[C@H]2CC1. The maximum Gasteiger partial charge on any atom is 0.254 e. The van der Waals surface area contributed by atoms with Crippen molar-refractivity contribution in [3.05, 3.63) is 77.9 Å². The Labute approximate surface area is 169 Å². The molecule has 146 valence electrons. The van der Waals surface area contributed by atoms with Crippen LogP contribution in [0.3, 0.4) is 0 Å². The number of hydrazone groups is 1. The molecule has 4 aliphatic rings. The Kier molecular flexibility index (Phi) is 4.51. The average Bonchev–Trinajstić information content (AvgIpc) is 3.05. The largest absolute Gasteiger partial charge is 0.489 e. The third kappa shape index (κ3) is 3.27. The maximum absolute atomic E-state index is 12.8. The zero-order valence-corrected chi connectivity index (χ0v) is 16.0. The van der Waals surface area contributed by atoms with Gasteiger partial charge < -0.3 is 4.74 Å². The molecule has 2 amide bonds. The summed E-state index contributed by atoms with van der Waals surface area (Å²) in [5.41, 5.74) is 1.87. The van der Waals surface area contributed by atoms with Crippen molar-refractivity contribution in [2.45, 2.75) is 19.4 Å². The fourth-order valence-corrected chi connectivity index (χ4v) is 4.72. The van der Waals surface area contributed by atoms with E-state index in [-0.39, 0.29) is 35.5 Å². The van der Waals surface area contributed by atoms with Gasteiger partial charge in [0.05, 0.1) is 18.1 Å². The molecule has 5 nitrogen and oxygen atoms in total. The van der Waals surface area contributed by atoms with Gasteiger partial charge in [0.2, 0.25) is 0 Å². The number of rotatable bonds is 5. The summed E-state index contributed by atoms with van der Waals surface area (Å²) < 4.78 is 5.84. The van der Waals surface area contributed by atoms with Crippen LogP contribution >= 0.6 is 0 Å². The Morgan fingerprint density at radius 3 is 2.28 bits per heavy atom. The Bertz CT molecular complexity index is 966. The third-order valence-corrected chi connectivity index (χ3v) is 6.16. The van der Waals surface area contributed by atoms with Crippen molar-refractivity contribution in [1.82, 2.24) is 5.01 Å². The van der Waals surface area contributed by atoms with E-state index in [0.29, 0.717) is 12.4 Å². The highest BCUT2D eigenvalue weighted by Gasteiger charge is 2.56. The molecule has 0 unspecified atom stereocenters. The highest BCUT2D eigenvalue weighted by atomic mass is 16.5. The quantitative estimate of drug-likeness (QED) is 0.446. The molecule has 6 rings (SSSR count). The number of imide groups is 1. The van der Waals surface area contributed by atoms with Crippen molar-refractivity contribution < 1.29 is 14.3 Å². The van der Waals surface area contributed by atoms with Crippen LogP contribution in [0.25, 0.3) is 0 Å². The number of hydrogen-bond donors (Lipinski definition) is 0. The van der Waals surface area contributed by atoms with E-state index in [1.807, 2.05) is 54.6 Å². The number of carbonyl (C=O) groups excluding carboxylic acids is 2. The first kappa shape index (κ1) is 17.9. The minimum absolute atomic E-state index is 0.160. The number of carbonyl (C=O) groups is 2. The third-order valence-electron chi connectivity index (χ3n) is 6.16. The first-order valence-corrected chi connectivity index (χ1v) is 10.1. The van der Waals surface area contributed by atoms with Gasteiger partial charge in [0.1, 0.15) is 12.4 Å². The molecule has 4 atom stereocenters. The van der Waals surface area contributed by atoms with Gasteiger partial charge in [0.25, 0.3) is 11.8 Å². The van der Waals surface area contributed by atoms with Gasteiger partial charge in [-0.05, 0) is 47.9 Å². The molecule has 0 N–H and O–H groups in total. The van der Waals surface area contributed by atoms with Crippen molar-refractivity contribution >= 4 is 18.0 Å². The molecule has 1 aliphatic heterocycles. The molecule has 5 heteroatoms. The lowest BCUT2D eigenvalue weighted by Crippen LogP contribution is -2.38. The molecule has 0 aromatic heterocycles. The average molecular weight is 386 g/mol. The van der Waals surface area contributed by atoms with Crippen LogP contribution in [-0.2, 0) is 16.2 Å². The summed E-state index contributed by atoms with van der Waals surface area (Å²) in [6, 6.07) is 17.4. The molecule has 3 aliphatic carbocycles. The summed E-state index contributed by atoms with van der Waals surface area (Å²) in [7, 11) is 0. The summed E-state index contributed by atoms with van der Waals surface area (Å²) in [6.45, 7) is 0.476. The molecule has 2 aromatic carbocycles. The highest BCUT2D eigenvalue weighted by molar-refractivity contribution is 6.06. The Hall–Kier alpha value is -3.21. The fraction of sp³-hybridized carbons (Fsp3) is 0.292. The normalized spacial score (nSPS) is 27.7. The highest BCUT2D eigenvalue weighted by Crippen LogP contribution is 2.49. The van der Waals surface area contributed by atoms with Gasteiger partial charge in [-0.1, -0.05) is 54.6 Å². The molecule has 1 saturated heterocycles. The van der Waals surface area contributed by atoms with E-state index in [1.54, 1.807) is 6.21 Å². The van der Waals surface area contributed by atoms with Crippen molar-refractivity contribution in [3.63, 3.8) is 0 Å². The number of benzene rings is 2. The predicted octanol–water partition coefficient (Wildman–Crippen LogP) is 3.80. The zero-order chi connectivity index (χ0) is 19.8. The van der Waals surface area contributed by atoms with Gasteiger partial charge in [-0.3, -0.25) is 9.59 Å². The fourth-order valence-electron chi connectivity index (χ4n) is 4.72. The molecular formula is C24H22N2O3. The summed E-state index contributed by atoms with van der Waals surface area (Å²) in [5.74, 6) is 0.284. The van der Waals surface area contributed by atoms with Crippen molar-refractivity contribution in [3.8, 4) is 5.75 Å². The van der Waals surface area contributed by atoms with E-state index in [1.165, 1.54) is 0 Å². The Morgan fingerprint density at radius 1 is 0.931 bits per heavy atom. The van der Waals surface area contributed by atoms with Crippen LogP contribution in [0, 0.1) is 23.7 Å². The summed E-state index contributed by atoms with van der Waals surface area (Å²) in [5, 5.41) is 5.35. The van der Waals surface area contributed by atoms with Gasteiger partial charge in [-0.2, -0.15) is 10.1 Å². The second-order valence-corrected chi connectivity index (χ2v) is 7.92. The van der Waals surface area contributed by atoms with Crippen LogP contribution in [-0.4, -0.2) is 23.0 Å². The first-order chi connectivity index (χ1) is 14.2.